The molecule has 1 atom stereocenters. The van der Waals surface area contributed by atoms with Crippen LogP contribution in [0.1, 0.15) is 45.2 Å². The summed E-state index contributed by atoms with van der Waals surface area (Å²) in [5.74, 6) is 0.976. The van der Waals surface area contributed by atoms with Crippen molar-refractivity contribution in [1.82, 2.24) is 0 Å². The van der Waals surface area contributed by atoms with Gasteiger partial charge in [-0.3, -0.25) is 0 Å². The van der Waals surface area contributed by atoms with Gasteiger partial charge in [0.2, 0.25) is 0 Å². The lowest BCUT2D eigenvalue weighted by molar-refractivity contribution is -0.0847. The van der Waals surface area contributed by atoms with Crippen molar-refractivity contribution in [2.75, 3.05) is 0 Å². The monoisotopic (exact) mass is 404 g/mol. The van der Waals surface area contributed by atoms with Crippen LogP contribution in [0.4, 0.5) is 0 Å². The summed E-state index contributed by atoms with van der Waals surface area (Å²) in [4.78, 5) is 0. The van der Waals surface area contributed by atoms with Crippen LogP contribution < -0.4 is 4.74 Å². The van der Waals surface area contributed by atoms with Crippen LogP contribution in [0.25, 0.3) is 0 Å². The van der Waals surface area contributed by atoms with Crippen molar-refractivity contribution in [2.45, 2.75) is 63.7 Å². The van der Waals surface area contributed by atoms with E-state index in [0.29, 0.717) is 0 Å². The molecule has 0 aromatic heterocycles. The van der Waals surface area contributed by atoms with E-state index in [2.05, 4.69) is 78.6 Å². The summed E-state index contributed by atoms with van der Waals surface area (Å²) in [6, 6.07) is 4.19. The maximum atomic E-state index is 6.36. The lowest BCUT2D eigenvalue weighted by atomic mass is 9.97. The Bertz CT molecular complexity index is 509. The first-order valence-corrected chi connectivity index (χ1v) is 8.78. The van der Waals surface area contributed by atoms with E-state index in [1.807, 2.05) is 0 Å². The Morgan fingerprint density at radius 3 is 2.45 bits per heavy atom. The van der Waals surface area contributed by atoms with E-state index in [0.717, 1.165) is 33.1 Å². The highest BCUT2D eigenvalue weighted by molar-refractivity contribution is 9.10. The highest BCUT2D eigenvalue weighted by atomic mass is 79.9. The van der Waals surface area contributed by atoms with Crippen molar-refractivity contribution in [3.63, 3.8) is 0 Å². The van der Waals surface area contributed by atoms with Crippen molar-refractivity contribution in [1.29, 1.82) is 0 Å². The third-order valence-electron chi connectivity index (χ3n) is 3.71. The van der Waals surface area contributed by atoms with E-state index in [4.69, 9.17) is 9.47 Å². The summed E-state index contributed by atoms with van der Waals surface area (Å²) >= 11 is 7.09. The summed E-state index contributed by atoms with van der Waals surface area (Å²) in [6.45, 7) is 10.5. The lowest BCUT2D eigenvalue weighted by Crippen LogP contribution is -2.37. The number of hydrogen-bond acceptors (Lipinski definition) is 2. The van der Waals surface area contributed by atoms with Crippen molar-refractivity contribution >= 4 is 31.9 Å². The molecule has 1 aliphatic rings. The van der Waals surface area contributed by atoms with Crippen molar-refractivity contribution in [3.05, 3.63) is 27.7 Å². The van der Waals surface area contributed by atoms with Gasteiger partial charge in [0, 0.05) is 21.8 Å². The summed E-state index contributed by atoms with van der Waals surface area (Å²) in [6.07, 6.45) is 0.965. The minimum atomic E-state index is -0.271. The molecule has 4 heteroatoms. The fourth-order valence-corrected chi connectivity index (χ4v) is 3.94. The molecule has 2 nitrogen and oxygen atoms in total. The molecule has 0 spiro atoms. The molecule has 1 fully saturated rings. The van der Waals surface area contributed by atoms with Gasteiger partial charge >= 0.3 is 0 Å². The first-order valence-electron chi connectivity index (χ1n) is 6.86. The van der Waals surface area contributed by atoms with Crippen LogP contribution in [-0.4, -0.2) is 17.3 Å². The Balaban J connectivity index is 2.31. The summed E-state index contributed by atoms with van der Waals surface area (Å²) in [5, 5.41) is 0.778. The number of rotatable bonds is 3. The SMILES string of the molecule is Cc1cc(Br)cc(CBr)c1OC1CC(C)(C)OC1(C)C. The van der Waals surface area contributed by atoms with Crippen LogP contribution in [0.2, 0.25) is 0 Å². The van der Waals surface area contributed by atoms with Gasteiger partial charge in [0.05, 0.1) is 5.60 Å². The largest absolute Gasteiger partial charge is 0.487 e. The molecule has 112 valence electrons. The van der Waals surface area contributed by atoms with Crippen LogP contribution in [0, 0.1) is 6.92 Å². The standard InChI is InChI=1S/C16H22Br2O2/c1-10-6-12(18)7-11(9-17)14(10)19-13-8-15(2,3)20-16(13,4)5/h6-7,13H,8-9H2,1-5H3. The third kappa shape index (κ3) is 3.40. The number of alkyl halides is 1. The maximum Gasteiger partial charge on any atom is 0.130 e. The molecule has 0 amide bonds. The van der Waals surface area contributed by atoms with Gasteiger partial charge in [0.15, 0.2) is 0 Å². The summed E-state index contributed by atoms with van der Waals surface area (Å²) < 4.78 is 13.6. The molecule has 1 unspecified atom stereocenters. The smallest absolute Gasteiger partial charge is 0.130 e. The van der Waals surface area contributed by atoms with Crippen LogP contribution in [0.3, 0.4) is 0 Å². The predicted octanol–water partition coefficient (Wildman–Crippen LogP) is 5.38. The number of hydrogen-bond donors (Lipinski definition) is 0. The minimum Gasteiger partial charge on any atom is -0.487 e. The van der Waals surface area contributed by atoms with E-state index in [-0.39, 0.29) is 17.3 Å². The van der Waals surface area contributed by atoms with Crippen molar-refractivity contribution in [2.24, 2.45) is 0 Å². The number of aryl methyl sites for hydroxylation is 1. The fourth-order valence-electron chi connectivity index (χ4n) is 2.90. The van der Waals surface area contributed by atoms with Gasteiger partial charge in [-0.05, 0) is 52.3 Å². The highest BCUT2D eigenvalue weighted by Crippen LogP contribution is 2.41. The second-order valence-corrected chi connectivity index (χ2v) is 8.10. The molecule has 0 aliphatic carbocycles. The molecule has 0 bridgehead atoms. The maximum absolute atomic E-state index is 6.36. The van der Waals surface area contributed by atoms with Crippen molar-refractivity contribution < 1.29 is 9.47 Å². The molecule has 1 aliphatic heterocycles. The molecular formula is C16H22Br2O2. The molecule has 1 saturated heterocycles. The number of benzene rings is 1. The lowest BCUT2D eigenvalue weighted by Gasteiger charge is -2.28. The van der Waals surface area contributed by atoms with Gasteiger partial charge in [-0.15, -0.1) is 0 Å². The minimum absolute atomic E-state index is 0.0650. The number of halogens is 2. The van der Waals surface area contributed by atoms with Gasteiger partial charge in [0.25, 0.3) is 0 Å². The molecule has 20 heavy (non-hydrogen) atoms. The van der Waals surface area contributed by atoms with Gasteiger partial charge in [0.1, 0.15) is 17.5 Å². The zero-order valence-electron chi connectivity index (χ0n) is 12.7. The Kier molecular flexibility index (Phi) is 4.58. The second-order valence-electron chi connectivity index (χ2n) is 6.62. The fraction of sp³-hybridized carbons (Fsp3) is 0.625. The van der Waals surface area contributed by atoms with Gasteiger partial charge < -0.3 is 9.47 Å². The Morgan fingerprint density at radius 1 is 1.30 bits per heavy atom. The first kappa shape index (κ1) is 16.3. The number of ether oxygens (including phenoxy) is 2. The Hall–Kier alpha value is -0.0600. The molecule has 0 N–H and O–H groups in total. The summed E-state index contributed by atoms with van der Waals surface area (Å²) in [5.41, 5.74) is 1.91. The van der Waals surface area contributed by atoms with Crippen LogP contribution in [-0.2, 0) is 10.1 Å². The quantitative estimate of drug-likeness (QED) is 0.628. The molecular weight excluding hydrogens is 384 g/mol. The normalized spacial score (nSPS) is 23.9. The van der Waals surface area contributed by atoms with E-state index < -0.39 is 0 Å². The highest BCUT2D eigenvalue weighted by Gasteiger charge is 2.47. The average Bonchev–Trinajstić information content (AvgIpc) is 2.49. The molecule has 1 heterocycles. The van der Waals surface area contributed by atoms with Gasteiger partial charge in [-0.25, -0.2) is 0 Å². The zero-order valence-corrected chi connectivity index (χ0v) is 15.9. The molecule has 2 rings (SSSR count). The topological polar surface area (TPSA) is 18.5 Å². The first-order chi connectivity index (χ1) is 9.14. The van der Waals surface area contributed by atoms with Gasteiger partial charge in [-0.2, -0.15) is 0 Å². The molecule has 0 radical (unpaired) electrons. The summed E-state index contributed by atoms with van der Waals surface area (Å²) in [7, 11) is 0. The van der Waals surface area contributed by atoms with Crippen LogP contribution in [0.15, 0.2) is 16.6 Å². The molecule has 1 aromatic carbocycles. The van der Waals surface area contributed by atoms with E-state index in [1.165, 1.54) is 0 Å². The van der Waals surface area contributed by atoms with Crippen LogP contribution >= 0.6 is 31.9 Å². The van der Waals surface area contributed by atoms with Crippen LogP contribution in [0.5, 0.6) is 5.75 Å². The van der Waals surface area contributed by atoms with Gasteiger partial charge in [-0.1, -0.05) is 31.9 Å². The predicted molar refractivity (Wildman–Crippen MR) is 89.8 cm³/mol. The average molecular weight is 406 g/mol. The third-order valence-corrected chi connectivity index (χ3v) is 4.77. The Labute approximate surface area is 138 Å². The van der Waals surface area contributed by atoms with E-state index in [1.54, 1.807) is 0 Å². The van der Waals surface area contributed by atoms with E-state index >= 15 is 0 Å². The Morgan fingerprint density at radius 2 is 1.95 bits per heavy atom. The molecule has 1 aromatic rings. The van der Waals surface area contributed by atoms with E-state index in [9.17, 15) is 0 Å². The van der Waals surface area contributed by atoms with Crippen molar-refractivity contribution in [3.8, 4) is 5.75 Å². The second kappa shape index (κ2) is 5.62. The molecule has 0 saturated carbocycles. The zero-order chi connectivity index (χ0) is 15.1.